The fraction of sp³-hybridized carbons (Fsp3) is 0.467. The third-order valence-corrected chi connectivity index (χ3v) is 3.32. The predicted molar refractivity (Wildman–Crippen MR) is 80.4 cm³/mol. The van der Waals surface area contributed by atoms with E-state index in [2.05, 4.69) is 18.7 Å². The van der Waals surface area contributed by atoms with Crippen molar-refractivity contribution in [1.82, 2.24) is 9.80 Å². The van der Waals surface area contributed by atoms with E-state index in [1.807, 2.05) is 0 Å². The monoisotopic (exact) mass is 277 g/mol. The van der Waals surface area contributed by atoms with Gasteiger partial charge in [-0.2, -0.15) is 0 Å². The van der Waals surface area contributed by atoms with Crippen LogP contribution >= 0.6 is 0 Å². The smallest absolute Gasteiger partial charge is 0.260 e. The summed E-state index contributed by atoms with van der Waals surface area (Å²) in [4.78, 5) is 27.5. The second kappa shape index (κ2) is 7.65. The van der Waals surface area contributed by atoms with Crippen LogP contribution < -0.4 is 5.73 Å². The molecule has 0 aromatic heterocycles. The first-order valence-electron chi connectivity index (χ1n) is 6.89. The number of likely N-dealkylation sites (N-methyl/N-ethyl adjacent to an activating group) is 1. The van der Waals surface area contributed by atoms with Crippen molar-refractivity contribution in [3.8, 4) is 0 Å². The normalized spacial score (nSPS) is 10.6. The highest BCUT2D eigenvalue weighted by Crippen LogP contribution is 2.09. The molecule has 5 nitrogen and oxygen atoms in total. The van der Waals surface area contributed by atoms with Crippen LogP contribution in [0.1, 0.15) is 31.1 Å². The van der Waals surface area contributed by atoms with Crippen LogP contribution in [0.15, 0.2) is 24.3 Å². The molecular formula is C15H23N3O2. The molecule has 0 spiro atoms. The number of imide groups is 1. The van der Waals surface area contributed by atoms with E-state index < -0.39 is 0 Å². The van der Waals surface area contributed by atoms with Crippen LogP contribution in [-0.4, -0.2) is 47.8 Å². The van der Waals surface area contributed by atoms with Gasteiger partial charge in [-0.25, -0.2) is 0 Å². The summed E-state index contributed by atoms with van der Waals surface area (Å²) in [6.45, 7) is 8.42. The van der Waals surface area contributed by atoms with E-state index in [1.54, 1.807) is 24.3 Å². The highest BCUT2D eigenvalue weighted by Gasteiger charge is 2.19. The van der Waals surface area contributed by atoms with Gasteiger partial charge < -0.3 is 10.6 Å². The molecule has 20 heavy (non-hydrogen) atoms. The zero-order valence-electron chi connectivity index (χ0n) is 12.4. The Kier molecular flexibility index (Phi) is 6.18. The van der Waals surface area contributed by atoms with Crippen molar-refractivity contribution in [3.05, 3.63) is 29.8 Å². The summed E-state index contributed by atoms with van der Waals surface area (Å²) in [5.41, 5.74) is 6.68. The first-order chi connectivity index (χ1) is 9.49. The average molecular weight is 277 g/mol. The minimum atomic E-state index is -0.273. The largest absolute Gasteiger partial charge is 0.399 e. The molecule has 1 aromatic carbocycles. The summed E-state index contributed by atoms with van der Waals surface area (Å²) >= 11 is 0. The van der Waals surface area contributed by atoms with Gasteiger partial charge >= 0.3 is 0 Å². The van der Waals surface area contributed by atoms with Crippen molar-refractivity contribution in [2.45, 2.75) is 20.8 Å². The highest BCUT2D eigenvalue weighted by molar-refractivity contribution is 6.04. The number of hydrogen-bond acceptors (Lipinski definition) is 4. The van der Waals surface area contributed by atoms with Gasteiger partial charge in [-0.3, -0.25) is 14.5 Å². The third kappa shape index (κ3) is 4.35. The van der Waals surface area contributed by atoms with E-state index in [1.165, 1.54) is 11.8 Å². The minimum absolute atomic E-state index is 0.237. The molecule has 0 fully saturated rings. The maximum atomic E-state index is 12.3. The standard InChI is InChI=1S/C15H23N3O2/c1-4-17(5-2)10-11-18(12(3)19)15(20)13-6-8-14(16)9-7-13/h6-9H,4-5,10-11,16H2,1-3H3. The zero-order valence-corrected chi connectivity index (χ0v) is 12.4. The van der Waals surface area contributed by atoms with Gasteiger partial charge in [0.05, 0.1) is 0 Å². The molecule has 0 saturated carbocycles. The Balaban J connectivity index is 2.77. The van der Waals surface area contributed by atoms with Crippen LogP contribution in [0.25, 0.3) is 0 Å². The van der Waals surface area contributed by atoms with Crippen molar-refractivity contribution < 1.29 is 9.59 Å². The molecule has 1 rings (SSSR count). The number of anilines is 1. The molecule has 0 bridgehead atoms. The number of rotatable bonds is 6. The van der Waals surface area contributed by atoms with Gasteiger partial charge in [0, 0.05) is 31.3 Å². The molecule has 0 heterocycles. The molecular weight excluding hydrogens is 254 g/mol. The Bertz CT molecular complexity index is 453. The number of benzene rings is 1. The molecule has 0 unspecified atom stereocenters. The highest BCUT2D eigenvalue weighted by atomic mass is 16.2. The quantitative estimate of drug-likeness (QED) is 0.802. The Labute approximate surface area is 120 Å². The number of nitrogen functional groups attached to an aromatic ring is 1. The lowest BCUT2D eigenvalue weighted by atomic mass is 10.2. The molecule has 0 saturated heterocycles. The van der Waals surface area contributed by atoms with Crippen LogP contribution in [0, 0.1) is 0 Å². The van der Waals surface area contributed by atoms with Gasteiger partial charge in [0.15, 0.2) is 0 Å². The van der Waals surface area contributed by atoms with Gasteiger partial charge in [0.25, 0.3) is 5.91 Å². The molecule has 110 valence electrons. The third-order valence-electron chi connectivity index (χ3n) is 3.32. The fourth-order valence-electron chi connectivity index (χ4n) is 1.96. The van der Waals surface area contributed by atoms with Crippen molar-refractivity contribution >= 4 is 17.5 Å². The number of nitrogens with two attached hydrogens (primary N) is 1. The minimum Gasteiger partial charge on any atom is -0.399 e. The van der Waals surface area contributed by atoms with Gasteiger partial charge in [0.1, 0.15) is 0 Å². The number of nitrogens with zero attached hydrogens (tertiary/aromatic N) is 2. The van der Waals surface area contributed by atoms with Crippen molar-refractivity contribution in [3.63, 3.8) is 0 Å². The lowest BCUT2D eigenvalue weighted by Gasteiger charge is -2.24. The first-order valence-corrected chi connectivity index (χ1v) is 6.89. The molecule has 0 aliphatic rings. The summed E-state index contributed by atoms with van der Waals surface area (Å²) in [5.74, 6) is -0.511. The van der Waals surface area contributed by atoms with E-state index in [4.69, 9.17) is 5.73 Å². The number of carbonyl (C=O) groups is 2. The topological polar surface area (TPSA) is 66.6 Å². The van der Waals surface area contributed by atoms with E-state index >= 15 is 0 Å². The molecule has 1 aromatic rings. The Morgan fingerprint density at radius 2 is 1.60 bits per heavy atom. The van der Waals surface area contributed by atoms with Crippen LogP contribution in [0.3, 0.4) is 0 Å². The van der Waals surface area contributed by atoms with E-state index in [-0.39, 0.29) is 11.8 Å². The molecule has 0 aliphatic heterocycles. The first kappa shape index (κ1) is 16.2. The van der Waals surface area contributed by atoms with E-state index in [0.29, 0.717) is 24.3 Å². The number of hydrogen-bond donors (Lipinski definition) is 1. The molecule has 2 amide bonds. The van der Waals surface area contributed by atoms with Crippen molar-refractivity contribution in [1.29, 1.82) is 0 Å². The Morgan fingerprint density at radius 3 is 2.05 bits per heavy atom. The predicted octanol–water partition coefficient (Wildman–Crippen LogP) is 1.60. The van der Waals surface area contributed by atoms with Gasteiger partial charge in [0.2, 0.25) is 5.91 Å². The number of amides is 2. The molecule has 0 radical (unpaired) electrons. The maximum absolute atomic E-state index is 12.3. The Morgan fingerprint density at radius 1 is 1.05 bits per heavy atom. The van der Waals surface area contributed by atoms with E-state index in [9.17, 15) is 9.59 Å². The van der Waals surface area contributed by atoms with Crippen LogP contribution in [0.4, 0.5) is 5.69 Å². The summed E-state index contributed by atoms with van der Waals surface area (Å²) < 4.78 is 0. The number of carbonyl (C=O) groups excluding carboxylic acids is 2. The zero-order chi connectivity index (χ0) is 15.1. The van der Waals surface area contributed by atoms with Crippen LogP contribution in [-0.2, 0) is 4.79 Å². The second-order valence-electron chi connectivity index (χ2n) is 4.62. The SMILES string of the molecule is CCN(CC)CCN(C(C)=O)C(=O)c1ccc(N)cc1. The van der Waals surface area contributed by atoms with E-state index in [0.717, 1.165) is 13.1 Å². The Hall–Kier alpha value is -1.88. The maximum Gasteiger partial charge on any atom is 0.260 e. The molecule has 0 aliphatic carbocycles. The van der Waals surface area contributed by atoms with Crippen LogP contribution in [0.5, 0.6) is 0 Å². The lowest BCUT2D eigenvalue weighted by molar-refractivity contribution is -0.126. The molecule has 0 atom stereocenters. The van der Waals surface area contributed by atoms with Gasteiger partial charge in [-0.05, 0) is 37.4 Å². The fourth-order valence-corrected chi connectivity index (χ4v) is 1.96. The van der Waals surface area contributed by atoms with Gasteiger partial charge in [-0.15, -0.1) is 0 Å². The molecule has 2 N–H and O–H groups in total. The summed E-state index contributed by atoms with van der Waals surface area (Å²) in [6, 6.07) is 6.61. The van der Waals surface area contributed by atoms with Crippen molar-refractivity contribution in [2.75, 3.05) is 31.9 Å². The second-order valence-corrected chi connectivity index (χ2v) is 4.62. The molecule has 5 heteroatoms. The van der Waals surface area contributed by atoms with Gasteiger partial charge in [-0.1, -0.05) is 13.8 Å². The summed E-state index contributed by atoms with van der Waals surface area (Å²) in [5, 5.41) is 0. The summed E-state index contributed by atoms with van der Waals surface area (Å²) in [6.07, 6.45) is 0. The average Bonchev–Trinajstić information content (AvgIpc) is 2.43. The lowest BCUT2D eigenvalue weighted by Crippen LogP contribution is -2.41. The van der Waals surface area contributed by atoms with Crippen molar-refractivity contribution in [2.24, 2.45) is 0 Å². The van der Waals surface area contributed by atoms with Crippen LogP contribution in [0.2, 0.25) is 0 Å². The summed E-state index contributed by atoms with van der Waals surface area (Å²) in [7, 11) is 0.